The van der Waals surface area contributed by atoms with Gasteiger partial charge in [-0.05, 0) is 37.3 Å². The number of nitrogens with one attached hydrogen (secondary N) is 1. The molecular weight excluding hydrogens is 269 g/mol. The van der Waals surface area contributed by atoms with Gasteiger partial charge < -0.3 is 9.73 Å². The summed E-state index contributed by atoms with van der Waals surface area (Å²) in [4.78, 5) is 0. The van der Waals surface area contributed by atoms with Crippen molar-refractivity contribution in [3.63, 3.8) is 0 Å². The lowest BCUT2D eigenvalue weighted by molar-refractivity contribution is 0.515. The van der Waals surface area contributed by atoms with Gasteiger partial charge in [-0.1, -0.05) is 23.8 Å². The van der Waals surface area contributed by atoms with Crippen molar-refractivity contribution in [3.8, 4) is 11.5 Å². The maximum atomic E-state index is 13.1. The SMILES string of the molecule is Cc1cccc(-c2nnc(CNc3cccc(F)c3)o2)c1. The summed E-state index contributed by atoms with van der Waals surface area (Å²) in [6.07, 6.45) is 0. The number of benzene rings is 2. The van der Waals surface area contributed by atoms with Crippen LogP contribution in [0.4, 0.5) is 10.1 Å². The maximum absolute atomic E-state index is 13.1. The summed E-state index contributed by atoms with van der Waals surface area (Å²) < 4.78 is 18.7. The molecule has 0 saturated carbocycles. The van der Waals surface area contributed by atoms with E-state index < -0.39 is 0 Å². The third kappa shape index (κ3) is 3.25. The maximum Gasteiger partial charge on any atom is 0.247 e. The second kappa shape index (κ2) is 5.75. The van der Waals surface area contributed by atoms with Crippen LogP contribution in [0.1, 0.15) is 11.5 Å². The lowest BCUT2D eigenvalue weighted by Gasteiger charge is -2.02. The highest BCUT2D eigenvalue weighted by molar-refractivity contribution is 5.53. The zero-order valence-electron chi connectivity index (χ0n) is 11.5. The fourth-order valence-corrected chi connectivity index (χ4v) is 2.00. The molecule has 0 aliphatic carbocycles. The topological polar surface area (TPSA) is 51.0 Å². The average molecular weight is 283 g/mol. The van der Waals surface area contributed by atoms with Gasteiger partial charge in [-0.2, -0.15) is 0 Å². The van der Waals surface area contributed by atoms with Crippen molar-refractivity contribution in [2.45, 2.75) is 13.5 Å². The van der Waals surface area contributed by atoms with Crippen LogP contribution in [-0.2, 0) is 6.54 Å². The Balaban J connectivity index is 1.71. The van der Waals surface area contributed by atoms with Crippen LogP contribution < -0.4 is 5.32 Å². The largest absolute Gasteiger partial charge is 0.419 e. The molecule has 1 N–H and O–H groups in total. The lowest BCUT2D eigenvalue weighted by atomic mass is 10.1. The standard InChI is InChI=1S/C16H14FN3O/c1-11-4-2-5-12(8-11)16-20-19-15(21-16)10-18-14-7-3-6-13(17)9-14/h2-9,18H,10H2,1H3. The van der Waals surface area contributed by atoms with Gasteiger partial charge in [0.15, 0.2) is 0 Å². The van der Waals surface area contributed by atoms with E-state index >= 15 is 0 Å². The van der Waals surface area contributed by atoms with Crippen LogP contribution in [0.3, 0.4) is 0 Å². The number of rotatable bonds is 4. The first kappa shape index (κ1) is 13.3. The molecule has 0 aliphatic rings. The molecule has 0 atom stereocenters. The van der Waals surface area contributed by atoms with Gasteiger partial charge in [-0.25, -0.2) is 4.39 Å². The first-order valence-electron chi connectivity index (χ1n) is 6.59. The van der Waals surface area contributed by atoms with Gasteiger partial charge in [0.2, 0.25) is 11.8 Å². The van der Waals surface area contributed by atoms with E-state index in [4.69, 9.17) is 4.42 Å². The third-order valence-electron chi connectivity index (χ3n) is 3.00. The molecule has 0 bridgehead atoms. The Morgan fingerprint density at radius 1 is 1.10 bits per heavy atom. The van der Waals surface area contributed by atoms with Crippen molar-refractivity contribution in [2.75, 3.05) is 5.32 Å². The van der Waals surface area contributed by atoms with Crippen LogP contribution in [0, 0.1) is 12.7 Å². The Kier molecular flexibility index (Phi) is 3.64. The number of anilines is 1. The molecule has 0 amide bonds. The minimum absolute atomic E-state index is 0.286. The van der Waals surface area contributed by atoms with Gasteiger partial charge in [0.1, 0.15) is 5.82 Å². The molecule has 0 radical (unpaired) electrons. The van der Waals surface area contributed by atoms with Crippen LogP contribution in [0.5, 0.6) is 0 Å². The fraction of sp³-hybridized carbons (Fsp3) is 0.125. The number of halogens is 1. The first-order chi connectivity index (χ1) is 10.2. The van der Waals surface area contributed by atoms with E-state index in [0.717, 1.165) is 11.1 Å². The molecule has 0 aliphatic heterocycles. The second-order valence-corrected chi connectivity index (χ2v) is 4.73. The number of hydrogen-bond donors (Lipinski definition) is 1. The number of nitrogens with zero attached hydrogens (tertiary/aromatic N) is 2. The molecule has 3 rings (SSSR count). The molecule has 1 heterocycles. The summed E-state index contributed by atoms with van der Waals surface area (Å²) in [5.41, 5.74) is 2.69. The van der Waals surface area contributed by atoms with E-state index in [1.165, 1.54) is 12.1 Å². The normalized spacial score (nSPS) is 10.6. The molecular formula is C16H14FN3O. The minimum atomic E-state index is -0.286. The minimum Gasteiger partial charge on any atom is -0.419 e. The van der Waals surface area contributed by atoms with E-state index in [9.17, 15) is 4.39 Å². The molecule has 4 nitrogen and oxygen atoms in total. The summed E-state index contributed by atoms with van der Waals surface area (Å²) in [6, 6.07) is 14.1. The van der Waals surface area contributed by atoms with Crippen molar-refractivity contribution >= 4 is 5.69 Å². The van der Waals surface area contributed by atoms with Gasteiger partial charge in [0.05, 0.1) is 6.54 Å². The summed E-state index contributed by atoms with van der Waals surface area (Å²) in [7, 11) is 0. The first-order valence-corrected chi connectivity index (χ1v) is 6.59. The smallest absolute Gasteiger partial charge is 0.247 e. The highest BCUT2D eigenvalue weighted by Crippen LogP contribution is 2.19. The van der Waals surface area contributed by atoms with E-state index in [0.29, 0.717) is 24.0 Å². The Labute approximate surface area is 121 Å². The lowest BCUT2D eigenvalue weighted by Crippen LogP contribution is -1.99. The van der Waals surface area contributed by atoms with E-state index in [1.807, 2.05) is 31.2 Å². The van der Waals surface area contributed by atoms with E-state index in [2.05, 4.69) is 15.5 Å². The number of aryl methyl sites for hydroxylation is 1. The molecule has 5 heteroatoms. The van der Waals surface area contributed by atoms with Crippen LogP contribution in [0.25, 0.3) is 11.5 Å². The Bertz CT molecular complexity index is 755. The van der Waals surface area contributed by atoms with Crippen molar-refractivity contribution in [1.82, 2.24) is 10.2 Å². The van der Waals surface area contributed by atoms with Crippen LogP contribution in [0.2, 0.25) is 0 Å². The molecule has 106 valence electrons. The van der Waals surface area contributed by atoms with Gasteiger partial charge in [0.25, 0.3) is 0 Å². The third-order valence-corrected chi connectivity index (χ3v) is 3.00. The van der Waals surface area contributed by atoms with Crippen molar-refractivity contribution in [2.24, 2.45) is 0 Å². The predicted molar refractivity (Wildman–Crippen MR) is 78.2 cm³/mol. The summed E-state index contributed by atoms with van der Waals surface area (Å²) >= 11 is 0. The highest BCUT2D eigenvalue weighted by Gasteiger charge is 2.08. The summed E-state index contributed by atoms with van der Waals surface area (Å²) in [5.74, 6) is 0.650. The second-order valence-electron chi connectivity index (χ2n) is 4.73. The highest BCUT2D eigenvalue weighted by atomic mass is 19.1. The van der Waals surface area contributed by atoms with Crippen molar-refractivity contribution in [1.29, 1.82) is 0 Å². The zero-order chi connectivity index (χ0) is 14.7. The van der Waals surface area contributed by atoms with Crippen LogP contribution >= 0.6 is 0 Å². The van der Waals surface area contributed by atoms with Gasteiger partial charge in [-0.15, -0.1) is 10.2 Å². The number of aromatic nitrogens is 2. The van der Waals surface area contributed by atoms with Gasteiger partial charge in [0, 0.05) is 11.3 Å². The monoisotopic (exact) mass is 283 g/mol. The zero-order valence-corrected chi connectivity index (χ0v) is 11.5. The van der Waals surface area contributed by atoms with Crippen LogP contribution in [-0.4, -0.2) is 10.2 Å². The molecule has 1 aromatic heterocycles. The van der Waals surface area contributed by atoms with Gasteiger partial charge >= 0.3 is 0 Å². The van der Waals surface area contributed by atoms with Gasteiger partial charge in [-0.3, -0.25) is 0 Å². The Morgan fingerprint density at radius 3 is 2.76 bits per heavy atom. The molecule has 2 aromatic carbocycles. The van der Waals surface area contributed by atoms with Crippen LogP contribution in [0.15, 0.2) is 52.9 Å². The molecule has 3 aromatic rings. The summed E-state index contributed by atoms with van der Waals surface area (Å²) in [5, 5.41) is 11.1. The molecule has 21 heavy (non-hydrogen) atoms. The Morgan fingerprint density at radius 2 is 1.95 bits per heavy atom. The molecule has 0 spiro atoms. The van der Waals surface area contributed by atoms with Crippen molar-refractivity contribution in [3.05, 3.63) is 65.8 Å². The molecule has 0 unspecified atom stereocenters. The fourth-order valence-electron chi connectivity index (χ4n) is 2.00. The molecule has 0 saturated heterocycles. The Hall–Kier alpha value is -2.69. The molecule has 0 fully saturated rings. The van der Waals surface area contributed by atoms with E-state index in [-0.39, 0.29) is 5.82 Å². The number of hydrogen-bond acceptors (Lipinski definition) is 4. The average Bonchev–Trinajstić information content (AvgIpc) is 2.94. The summed E-state index contributed by atoms with van der Waals surface area (Å²) in [6.45, 7) is 2.36. The van der Waals surface area contributed by atoms with E-state index in [1.54, 1.807) is 12.1 Å². The predicted octanol–water partition coefficient (Wildman–Crippen LogP) is 3.80. The van der Waals surface area contributed by atoms with Crippen molar-refractivity contribution < 1.29 is 8.81 Å². The quantitative estimate of drug-likeness (QED) is 0.791.